The molecular formula is C19H22O3. The van der Waals surface area contributed by atoms with Gasteiger partial charge in [0.1, 0.15) is 12.4 Å². The van der Waals surface area contributed by atoms with Crippen LogP contribution in [0.15, 0.2) is 48.5 Å². The Hall–Kier alpha value is -2.29. The van der Waals surface area contributed by atoms with Crippen molar-refractivity contribution in [3.8, 4) is 5.75 Å². The molecule has 0 aliphatic carbocycles. The molecule has 2 aromatic rings. The van der Waals surface area contributed by atoms with Crippen LogP contribution < -0.4 is 4.74 Å². The molecule has 0 atom stereocenters. The van der Waals surface area contributed by atoms with Gasteiger partial charge in [-0.15, -0.1) is 0 Å². The van der Waals surface area contributed by atoms with Gasteiger partial charge >= 0.3 is 5.97 Å². The Bertz CT molecular complexity index is 598. The van der Waals surface area contributed by atoms with Crippen LogP contribution in [0.1, 0.15) is 35.3 Å². The summed E-state index contributed by atoms with van der Waals surface area (Å²) in [4.78, 5) is 11.8. The van der Waals surface area contributed by atoms with E-state index in [1.807, 2.05) is 26.0 Å². The average Bonchev–Trinajstić information content (AvgIpc) is 2.52. The second kappa shape index (κ2) is 7.64. The van der Waals surface area contributed by atoms with E-state index in [2.05, 4.69) is 19.1 Å². The molecule has 0 heterocycles. The van der Waals surface area contributed by atoms with E-state index in [0.29, 0.717) is 24.7 Å². The number of ether oxygens (including phenoxy) is 2. The Labute approximate surface area is 131 Å². The first-order valence-corrected chi connectivity index (χ1v) is 7.50. The summed E-state index contributed by atoms with van der Waals surface area (Å²) in [5.74, 6) is 0.779. The number of esters is 1. The lowest BCUT2D eigenvalue weighted by Gasteiger charge is -2.09. The lowest BCUT2D eigenvalue weighted by molar-refractivity contribution is 0.0459. The molecule has 3 heteroatoms. The van der Waals surface area contributed by atoms with Crippen LogP contribution in [0.3, 0.4) is 0 Å². The molecular weight excluding hydrogens is 276 g/mol. The van der Waals surface area contributed by atoms with Crippen LogP contribution in [0.2, 0.25) is 0 Å². The summed E-state index contributed by atoms with van der Waals surface area (Å²) >= 11 is 0. The first-order chi connectivity index (χ1) is 10.5. The highest BCUT2D eigenvalue weighted by atomic mass is 16.5. The number of carbonyl (C=O) groups excluding carboxylic acids is 1. The minimum atomic E-state index is -0.293. The molecule has 116 valence electrons. The van der Waals surface area contributed by atoms with Gasteiger partial charge in [-0.25, -0.2) is 4.79 Å². The number of hydrogen-bond donors (Lipinski definition) is 0. The van der Waals surface area contributed by atoms with Gasteiger partial charge in [-0.3, -0.25) is 0 Å². The van der Waals surface area contributed by atoms with E-state index in [0.717, 1.165) is 11.3 Å². The first-order valence-electron chi connectivity index (χ1n) is 7.50. The SMILES string of the molecule is Cc1ccc(COc2ccc(C(=O)OCC(C)C)cc2)cc1. The van der Waals surface area contributed by atoms with E-state index < -0.39 is 0 Å². The van der Waals surface area contributed by atoms with Crippen molar-refractivity contribution in [1.29, 1.82) is 0 Å². The predicted octanol–water partition coefficient (Wildman–Crippen LogP) is 4.39. The molecule has 3 nitrogen and oxygen atoms in total. The van der Waals surface area contributed by atoms with Crippen LogP contribution in [0.25, 0.3) is 0 Å². The Morgan fingerprint density at radius 1 is 1.00 bits per heavy atom. The monoisotopic (exact) mass is 298 g/mol. The van der Waals surface area contributed by atoms with Crippen molar-refractivity contribution in [2.45, 2.75) is 27.4 Å². The number of hydrogen-bond acceptors (Lipinski definition) is 3. The van der Waals surface area contributed by atoms with Gasteiger partial charge in [-0.05, 0) is 42.7 Å². The highest BCUT2D eigenvalue weighted by molar-refractivity contribution is 5.89. The molecule has 0 unspecified atom stereocenters. The summed E-state index contributed by atoms with van der Waals surface area (Å²) < 4.78 is 10.9. The fourth-order valence-corrected chi connectivity index (χ4v) is 1.86. The quantitative estimate of drug-likeness (QED) is 0.742. The van der Waals surface area contributed by atoms with Gasteiger partial charge in [-0.1, -0.05) is 43.7 Å². The molecule has 0 aliphatic rings. The summed E-state index contributed by atoms with van der Waals surface area (Å²) in [6.45, 7) is 7.02. The molecule has 0 aromatic heterocycles. The normalized spacial score (nSPS) is 10.5. The third kappa shape index (κ3) is 4.92. The summed E-state index contributed by atoms with van der Waals surface area (Å²) in [6, 6.07) is 15.3. The molecule has 0 bridgehead atoms. The van der Waals surface area contributed by atoms with E-state index in [4.69, 9.17) is 9.47 Å². The Morgan fingerprint density at radius 2 is 1.64 bits per heavy atom. The van der Waals surface area contributed by atoms with Crippen molar-refractivity contribution in [1.82, 2.24) is 0 Å². The zero-order chi connectivity index (χ0) is 15.9. The molecule has 0 saturated heterocycles. The van der Waals surface area contributed by atoms with Gasteiger partial charge in [-0.2, -0.15) is 0 Å². The van der Waals surface area contributed by atoms with Gasteiger partial charge in [0.2, 0.25) is 0 Å². The van der Waals surface area contributed by atoms with Crippen LogP contribution in [0.4, 0.5) is 0 Å². The summed E-state index contributed by atoms with van der Waals surface area (Å²) in [6.07, 6.45) is 0. The number of rotatable bonds is 6. The number of benzene rings is 2. The first kappa shape index (κ1) is 16.1. The van der Waals surface area contributed by atoms with Crippen LogP contribution in [0.5, 0.6) is 5.75 Å². The molecule has 0 aliphatic heterocycles. The highest BCUT2D eigenvalue weighted by Gasteiger charge is 2.08. The van der Waals surface area contributed by atoms with Gasteiger partial charge in [0.15, 0.2) is 0 Å². The molecule has 0 saturated carbocycles. The average molecular weight is 298 g/mol. The van der Waals surface area contributed by atoms with Crippen LogP contribution in [0, 0.1) is 12.8 Å². The van der Waals surface area contributed by atoms with Crippen molar-refractivity contribution in [2.24, 2.45) is 5.92 Å². The van der Waals surface area contributed by atoms with Gasteiger partial charge < -0.3 is 9.47 Å². The molecule has 0 spiro atoms. The lowest BCUT2D eigenvalue weighted by Crippen LogP contribution is -2.10. The third-order valence-corrected chi connectivity index (χ3v) is 3.16. The highest BCUT2D eigenvalue weighted by Crippen LogP contribution is 2.15. The fourth-order valence-electron chi connectivity index (χ4n) is 1.86. The summed E-state index contributed by atoms with van der Waals surface area (Å²) in [5.41, 5.74) is 2.89. The smallest absolute Gasteiger partial charge is 0.338 e. The summed E-state index contributed by atoms with van der Waals surface area (Å²) in [7, 11) is 0. The van der Waals surface area contributed by atoms with Crippen molar-refractivity contribution in [3.05, 3.63) is 65.2 Å². The van der Waals surface area contributed by atoms with E-state index in [-0.39, 0.29) is 5.97 Å². The largest absolute Gasteiger partial charge is 0.489 e. The van der Waals surface area contributed by atoms with Crippen molar-refractivity contribution in [3.63, 3.8) is 0 Å². The van der Waals surface area contributed by atoms with Gasteiger partial charge in [0, 0.05) is 0 Å². The van der Waals surface area contributed by atoms with E-state index >= 15 is 0 Å². The maximum Gasteiger partial charge on any atom is 0.338 e. The van der Waals surface area contributed by atoms with E-state index in [9.17, 15) is 4.79 Å². The van der Waals surface area contributed by atoms with Gasteiger partial charge in [0.05, 0.1) is 12.2 Å². The second-order valence-electron chi connectivity index (χ2n) is 5.79. The van der Waals surface area contributed by atoms with Crippen molar-refractivity contribution >= 4 is 5.97 Å². The maximum absolute atomic E-state index is 11.8. The second-order valence-corrected chi connectivity index (χ2v) is 5.79. The van der Waals surface area contributed by atoms with E-state index in [1.165, 1.54) is 5.56 Å². The van der Waals surface area contributed by atoms with Crippen molar-refractivity contribution < 1.29 is 14.3 Å². The number of aryl methyl sites for hydroxylation is 1. The standard InChI is InChI=1S/C19H22O3/c1-14(2)12-22-19(20)17-8-10-18(11-9-17)21-13-16-6-4-15(3)5-7-16/h4-11,14H,12-13H2,1-3H3. The Balaban J connectivity index is 1.88. The zero-order valence-corrected chi connectivity index (χ0v) is 13.3. The zero-order valence-electron chi connectivity index (χ0n) is 13.3. The van der Waals surface area contributed by atoms with E-state index in [1.54, 1.807) is 24.3 Å². The molecule has 2 aromatic carbocycles. The topological polar surface area (TPSA) is 35.5 Å². The minimum Gasteiger partial charge on any atom is -0.489 e. The fraction of sp³-hybridized carbons (Fsp3) is 0.316. The van der Waals surface area contributed by atoms with Crippen LogP contribution in [-0.4, -0.2) is 12.6 Å². The summed E-state index contributed by atoms with van der Waals surface area (Å²) in [5, 5.41) is 0. The van der Waals surface area contributed by atoms with Crippen LogP contribution >= 0.6 is 0 Å². The molecule has 0 amide bonds. The molecule has 0 N–H and O–H groups in total. The van der Waals surface area contributed by atoms with Crippen LogP contribution in [-0.2, 0) is 11.3 Å². The minimum absolute atomic E-state index is 0.293. The third-order valence-electron chi connectivity index (χ3n) is 3.16. The lowest BCUT2D eigenvalue weighted by atomic mass is 10.2. The Kier molecular flexibility index (Phi) is 5.59. The Morgan fingerprint density at radius 3 is 2.23 bits per heavy atom. The van der Waals surface area contributed by atoms with Gasteiger partial charge in [0.25, 0.3) is 0 Å². The van der Waals surface area contributed by atoms with Crippen molar-refractivity contribution in [2.75, 3.05) is 6.61 Å². The predicted molar refractivity (Wildman–Crippen MR) is 87.1 cm³/mol. The molecule has 0 fully saturated rings. The maximum atomic E-state index is 11.8. The molecule has 22 heavy (non-hydrogen) atoms. The molecule has 0 radical (unpaired) electrons. The number of carbonyl (C=O) groups is 1. The molecule has 2 rings (SSSR count).